The van der Waals surface area contributed by atoms with Crippen molar-refractivity contribution in [3.05, 3.63) is 12.2 Å². The Labute approximate surface area is 71.2 Å². The van der Waals surface area contributed by atoms with Crippen molar-refractivity contribution in [2.75, 3.05) is 13.1 Å². The van der Waals surface area contributed by atoms with Gasteiger partial charge in [-0.25, -0.2) is 4.98 Å². The molecule has 0 bridgehead atoms. The van der Waals surface area contributed by atoms with Crippen molar-refractivity contribution in [2.45, 2.75) is 12.6 Å². The third-order valence-corrected chi connectivity index (χ3v) is 1.98. The van der Waals surface area contributed by atoms with E-state index < -0.39 is 0 Å². The Morgan fingerprint density at radius 2 is 2.58 bits per heavy atom. The van der Waals surface area contributed by atoms with Crippen molar-refractivity contribution >= 4 is 0 Å². The lowest BCUT2D eigenvalue weighted by molar-refractivity contribution is 0.362. The van der Waals surface area contributed by atoms with Crippen LogP contribution in [-0.4, -0.2) is 33.9 Å². The zero-order valence-corrected chi connectivity index (χ0v) is 7.12. The third kappa shape index (κ3) is 1.62. The maximum atomic E-state index is 4.16. The molecule has 0 unspecified atom stereocenters. The molecule has 0 radical (unpaired) electrons. The van der Waals surface area contributed by atoms with Gasteiger partial charge in [0.1, 0.15) is 6.33 Å². The summed E-state index contributed by atoms with van der Waals surface area (Å²) in [5.74, 6) is 0.865. The average molecular weight is 167 g/mol. The summed E-state index contributed by atoms with van der Waals surface area (Å²) in [7, 11) is 1.88. The summed E-state index contributed by atoms with van der Waals surface area (Å²) < 4.78 is 1.72. The van der Waals surface area contributed by atoms with Gasteiger partial charge >= 0.3 is 0 Å². The van der Waals surface area contributed by atoms with Gasteiger partial charge in [-0.15, -0.1) is 0 Å². The Hall–Kier alpha value is -0.940. The first kappa shape index (κ1) is 7.70. The lowest BCUT2D eigenvalue weighted by Gasteiger charge is -2.27. The van der Waals surface area contributed by atoms with E-state index in [0.717, 1.165) is 25.5 Å². The Kier molecular flexibility index (Phi) is 2.05. The van der Waals surface area contributed by atoms with Gasteiger partial charge < -0.3 is 10.6 Å². The first-order valence-electron chi connectivity index (χ1n) is 4.13. The fraction of sp³-hybridized carbons (Fsp3) is 0.714. The van der Waals surface area contributed by atoms with Gasteiger partial charge in [0.15, 0.2) is 5.82 Å². The van der Waals surface area contributed by atoms with Crippen LogP contribution in [-0.2, 0) is 13.6 Å². The van der Waals surface area contributed by atoms with Crippen molar-refractivity contribution in [2.24, 2.45) is 7.05 Å². The molecule has 0 atom stereocenters. The van der Waals surface area contributed by atoms with Crippen LogP contribution in [0.4, 0.5) is 0 Å². The number of hydrogen-bond acceptors (Lipinski definition) is 4. The van der Waals surface area contributed by atoms with E-state index in [1.54, 1.807) is 11.0 Å². The van der Waals surface area contributed by atoms with E-state index in [1.165, 1.54) is 0 Å². The zero-order chi connectivity index (χ0) is 8.39. The highest BCUT2D eigenvalue weighted by atomic mass is 15.3. The molecule has 0 aliphatic carbocycles. The fourth-order valence-electron chi connectivity index (χ4n) is 1.13. The number of aromatic nitrogens is 3. The molecule has 1 aromatic rings. The minimum absolute atomic E-state index is 0.605. The Bertz CT molecular complexity index is 252. The second-order valence-electron chi connectivity index (χ2n) is 3.07. The summed E-state index contributed by atoms with van der Waals surface area (Å²) in [6, 6.07) is 0.605. The molecule has 2 rings (SSSR count). The van der Waals surface area contributed by atoms with Crippen molar-refractivity contribution in [3.63, 3.8) is 0 Å². The minimum atomic E-state index is 0.605. The van der Waals surface area contributed by atoms with Gasteiger partial charge in [-0.1, -0.05) is 0 Å². The topological polar surface area (TPSA) is 54.8 Å². The van der Waals surface area contributed by atoms with Crippen molar-refractivity contribution < 1.29 is 0 Å². The number of aryl methyl sites for hydroxylation is 1. The highest BCUT2D eigenvalue weighted by Gasteiger charge is 2.15. The van der Waals surface area contributed by atoms with Crippen molar-refractivity contribution in [3.8, 4) is 0 Å². The largest absolute Gasteiger partial charge is 0.314 e. The molecule has 12 heavy (non-hydrogen) atoms. The Balaban J connectivity index is 1.79. The van der Waals surface area contributed by atoms with Gasteiger partial charge in [-0.3, -0.25) is 4.68 Å². The standard InChI is InChI=1S/C7H13N5/c1-12-5-10-7(11-12)4-9-6-2-8-3-6/h5-6,8-9H,2-4H2,1H3. The van der Waals surface area contributed by atoms with E-state index in [0.29, 0.717) is 6.04 Å². The molecule has 5 nitrogen and oxygen atoms in total. The predicted octanol–water partition coefficient (Wildman–Crippen LogP) is -1.12. The van der Waals surface area contributed by atoms with Gasteiger partial charge in [0.25, 0.3) is 0 Å². The van der Waals surface area contributed by atoms with Crippen molar-refractivity contribution in [1.82, 2.24) is 25.4 Å². The highest BCUT2D eigenvalue weighted by molar-refractivity contribution is 4.86. The predicted molar refractivity (Wildman–Crippen MR) is 44.5 cm³/mol. The number of hydrogen-bond donors (Lipinski definition) is 2. The van der Waals surface area contributed by atoms with Gasteiger partial charge in [0.05, 0.1) is 6.54 Å². The lowest BCUT2D eigenvalue weighted by atomic mass is 10.2. The summed E-state index contributed by atoms with van der Waals surface area (Å²) in [5, 5.41) is 10.7. The lowest BCUT2D eigenvalue weighted by Crippen LogP contribution is -2.55. The van der Waals surface area contributed by atoms with E-state index >= 15 is 0 Å². The first-order valence-corrected chi connectivity index (χ1v) is 4.13. The molecule has 66 valence electrons. The second kappa shape index (κ2) is 3.20. The normalized spacial score (nSPS) is 17.8. The van der Waals surface area contributed by atoms with Crippen LogP contribution < -0.4 is 10.6 Å². The first-order chi connectivity index (χ1) is 5.84. The monoisotopic (exact) mass is 167 g/mol. The summed E-state index contributed by atoms with van der Waals surface area (Å²) in [6.45, 7) is 2.90. The van der Waals surface area contributed by atoms with Gasteiger partial charge in [0, 0.05) is 26.2 Å². The Morgan fingerprint density at radius 1 is 1.75 bits per heavy atom. The zero-order valence-electron chi connectivity index (χ0n) is 7.12. The summed E-state index contributed by atoms with van der Waals surface area (Å²) in [4.78, 5) is 4.12. The summed E-state index contributed by atoms with van der Waals surface area (Å²) in [6.07, 6.45) is 1.72. The van der Waals surface area contributed by atoms with Crippen LogP contribution in [0.3, 0.4) is 0 Å². The third-order valence-electron chi connectivity index (χ3n) is 1.98. The molecule has 1 aliphatic rings. The molecule has 0 aromatic carbocycles. The van der Waals surface area contributed by atoms with Crippen LogP contribution in [0, 0.1) is 0 Å². The molecule has 1 saturated heterocycles. The van der Waals surface area contributed by atoms with E-state index in [9.17, 15) is 0 Å². The quantitative estimate of drug-likeness (QED) is 0.598. The molecule has 1 aromatic heterocycles. The van der Waals surface area contributed by atoms with Crippen LogP contribution in [0.1, 0.15) is 5.82 Å². The number of nitrogens with zero attached hydrogens (tertiary/aromatic N) is 3. The second-order valence-corrected chi connectivity index (χ2v) is 3.07. The fourth-order valence-corrected chi connectivity index (χ4v) is 1.13. The van der Waals surface area contributed by atoms with Gasteiger partial charge in [-0.2, -0.15) is 5.10 Å². The Morgan fingerprint density at radius 3 is 3.08 bits per heavy atom. The molecule has 0 saturated carbocycles. The van der Waals surface area contributed by atoms with Crippen LogP contribution in [0.15, 0.2) is 6.33 Å². The van der Waals surface area contributed by atoms with Crippen LogP contribution in [0.2, 0.25) is 0 Å². The molecule has 0 spiro atoms. The van der Waals surface area contributed by atoms with E-state index in [-0.39, 0.29) is 0 Å². The van der Waals surface area contributed by atoms with Crippen LogP contribution >= 0.6 is 0 Å². The van der Waals surface area contributed by atoms with Crippen molar-refractivity contribution in [1.29, 1.82) is 0 Å². The molecule has 1 fully saturated rings. The smallest absolute Gasteiger partial charge is 0.164 e. The SMILES string of the molecule is Cn1cnc(CNC2CNC2)n1. The van der Waals surface area contributed by atoms with Gasteiger partial charge in [-0.05, 0) is 0 Å². The molecular formula is C7H13N5. The van der Waals surface area contributed by atoms with E-state index in [4.69, 9.17) is 0 Å². The van der Waals surface area contributed by atoms with E-state index in [2.05, 4.69) is 20.7 Å². The van der Waals surface area contributed by atoms with Gasteiger partial charge in [0.2, 0.25) is 0 Å². The molecule has 1 aliphatic heterocycles. The molecule has 0 amide bonds. The number of rotatable bonds is 3. The minimum Gasteiger partial charge on any atom is -0.314 e. The highest BCUT2D eigenvalue weighted by Crippen LogP contribution is 1.93. The maximum absolute atomic E-state index is 4.16. The number of nitrogens with one attached hydrogen (secondary N) is 2. The summed E-state index contributed by atoms with van der Waals surface area (Å²) in [5.41, 5.74) is 0. The molecular weight excluding hydrogens is 154 g/mol. The van der Waals surface area contributed by atoms with E-state index in [1.807, 2.05) is 7.05 Å². The molecule has 5 heteroatoms. The summed E-state index contributed by atoms with van der Waals surface area (Å²) >= 11 is 0. The maximum Gasteiger partial charge on any atom is 0.164 e. The van der Waals surface area contributed by atoms with Crippen LogP contribution in [0.5, 0.6) is 0 Å². The van der Waals surface area contributed by atoms with Crippen LogP contribution in [0.25, 0.3) is 0 Å². The molecule has 2 heterocycles. The molecule has 2 N–H and O–H groups in total. The average Bonchev–Trinajstić information content (AvgIpc) is 2.32.